The van der Waals surface area contributed by atoms with E-state index in [1.807, 2.05) is 30.9 Å². The van der Waals surface area contributed by atoms with E-state index in [4.69, 9.17) is 5.73 Å². The lowest BCUT2D eigenvalue weighted by Crippen LogP contribution is -2.49. The van der Waals surface area contributed by atoms with Crippen LogP contribution in [-0.4, -0.2) is 55.8 Å². The summed E-state index contributed by atoms with van der Waals surface area (Å²) < 4.78 is 27.1. The third-order valence-electron chi connectivity index (χ3n) is 5.98. The van der Waals surface area contributed by atoms with Crippen molar-refractivity contribution in [3.63, 3.8) is 0 Å². The van der Waals surface area contributed by atoms with Gasteiger partial charge in [0, 0.05) is 38.1 Å². The van der Waals surface area contributed by atoms with E-state index in [2.05, 4.69) is 0 Å². The Morgan fingerprint density at radius 1 is 1.11 bits per heavy atom. The van der Waals surface area contributed by atoms with E-state index in [1.165, 1.54) is 4.31 Å². The Bertz CT molecular complexity index is 753. The molecule has 27 heavy (non-hydrogen) atoms. The quantitative estimate of drug-likeness (QED) is 0.848. The molecule has 2 aliphatic heterocycles. The molecule has 0 spiro atoms. The average molecular weight is 394 g/mol. The van der Waals surface area contributed by atoms with Gasteiger partial charge in [0.25, 0.3) is 0 Å². The van der Waals surface area contributed by atoms with Crippen molar-refractivity contribution in [2.75, 3.05) is 26.2 Å². The van der Waals surface area contributed by atoms with Crippen molar-refractivity contribution in [1.82, 2.24) is 9.21 Å². The average Bonchev–Trinajstić information content (AvgIpc) is 2.68. The molecule has 2 heterocycles. The summed E-state index contributed by atoms with van der Waals surface area (Å²) in [4.78, 5) is 15.2. The Balaban J connectivity index is 1.60. The number of piperidine rings is 2. The molecule has 150 valence electrons. The van der Waals surface area contributed by atoms with Crippen molar-refractivity contribution in [3.05, 3.63) is 29.8 Å². The second-order valence-corrected chi connectivity index (χ2v) is 9.98. The van der Waals surface area contributed by atoms with Crippen LogP contribution in [0.4, 0.5) is 0 Å². The third-order valence-corrected chi connectivity index (χ3v) is 7.89. The first-order valence-corrected chi connectivity index (χ1v) is 11.3. The summed E-state index contributed by atoms with van der Waals surface area (Å²) in [6.07, 6.45) is 3.25. The Morgan fingerprint density at radius 3 is 2.33 bits per heavy atom. The Labute approximate surface area is 162 Å². The van der Waals surface area contributed by atoms with Gasteiger partial charge in [0.1, 0.15) is 0 Å². The van der Waals surface area contributed by atoms with Crippen molar-refractivity contribution in [2.45, 2.75) is 50.5 Å². The van der Waals surface area contributed by atoms with Crippen LogP contribution >= 0.6 is 0 Å². The third kappa shape index (κ3) is 4.52. The molecule has 0 saturated carbocycles. The lowest BCUT2D eigenvalue weighted by molar-refractivity contribution is -0.138. The van der Waals surface area contributed by atoms with Crippen molar-refractivity contribution in [1.29, 1.82) is 0 Å². The first-order chi connectivity index (χ1) is 12.8. The zero-order valence-corrected chi connectivity index (χ0v) is 17.1. The van der Waals surface area contributed by atoms with Gasteiger partial charge in [0.2, 0.25) is 15.9 Å². The molecule has 1 aromatic carbocycles. The summed E-state index contributed by atoms with van der Waals surface area (Å²) >= 11 is 0. The minimum atomic E-state index is -3.48. The maximum atomic E-state index is 12.9. The maximum Gasteiger partial charge on any atom is 0.243 e. The van der Waals surface area contributed by atoms with Crippen LogP contribution in [0.5, 0.6) is 0 Å². The van der Waals surface area contributed by atoms with E-state index in [9.17, 15) is 13.2 Å². The van der Waals surface area contributed by atoms with E-state index >= 15 is 0 Å². The van der Waals surface area contributed by atoms with Gasteiger partial charge in [0.05, 0.1) is 4.90 Å². The zero-order chi connectivity index (χ0) is 19.6. The molecule has 1 amide bonds. The largest absolute Gasteiger partial charge is 0.342 e. The number of nitrogens with zero attached hydrogens (tertiary/aromatic N) is 2. The summed E-state index contributed by atoms with van der Waals surface area (Å²) in [5, 5.41) is 0. The molecule has 7 heteroatoms. The fraction of sp³-hybridized carbons (Fsp3) is 0.650. The predicted molar refractivity (Wildman–Crippen MR) is 106 cm³/mol. The van der Waals surface area contributed by atoms with Crippen molar-refractivity contribution < 1.29 is 13.2 Å². The fourth-order valence-electron chi connectivity index (χ4n) is 4.10. The standard InChI is InChI=1S/C20H31N3O3S/c1-15-5-7-19(8-6-15)27(25,26)23-12-9-17(10-13-23)20(24)22-11-3-4-18(14-22)16(2)21/h5-8,16-18H,3-4,9-14,21H2,1-2H3. The van der Waals surface area contributed by atoms with E-state index in [0.717, 1.165) is 31.5 Å². The predicted octanol–water partition coefficient (Wildman–Crippen LogP) is 1.98. The number of carbonyl (C=O) groups is 1. The Hall–Kier alpha value is -1.44. The lowest BCUT2D eigenvalue weighted by atomic mass is 9.90. The second kappa shape index (κ2) is 8.29. The number of likely N-dealkylation sites (tertiary alicyclic amines) is 1. The van der Waals surface area contributed by atoms with Gasteiger partial charge in [-0.2, -0.15) is 4.31 Å². The number of benzene rings is 1. The number of hydrogen-bond donors (Lipinski definition) is 1. The molecule has 0 aromatic heterocycles. The molecule has 2 N–H and O–H groups in total. The van der Waals surface area contributed by atoms with Gasteiger partial charge in [-0.25, -0.2) is 8.42 Å². The van der Waals surface area contributed by atoms with E-state index in [1.54, 1.807) is 12.1 Å². The monoisotopic (exact) mass is 393 g/mol. The van der Waals surface area contributed by atoms with Gasteiger partial charge in [-0.05, 0) is 57.6 Å². The molecule has 2 atom stereocenters. The Morgan fingerprint density at radius 2 is 1.74 bits per heavy atom. The highest BCUT2D eigenvalue weighted by atomic mass is 32.2. The zero-order valence-electron chi connectivity index (χ0n) is 16.3. The SMILES string of the molecule is Cc1ccc(S(=O)(=O)N2CCC(C(=O)N3CCCC(C(C)N)C3)CC2)cc1. The van der Waals surface area contributed by atoms with Gasteiger partial charge in [-0.1, -0.05) is 17.7 Å². The summed E-state index contributed by atoms with van der Waals surface area (Å²) in [5.74, 6) is 0.457. The molecule has 0 bridgehead atoms. The molecule has 1 aromatic rings. The topological polar surface area (TPSA) is 83.7 Å². The van der Waals surface area contributed by atoms with E-state index in [-0.39, 0.29) is 17.9 Å². The van der Waals surface area contributed by atoms with Gasteiger partial charge in [0.15, 0.2) is 0 Å². The highest BCUT2D eigenvalue weighted by Crippen LogP contribution is 2.27. The van der Waals surface area contributed by atoms with E-state index < -0.39 is 10.0 Å². The first-order valence-electron chi connectivity index (χ1n) is 9.90. The number of aryl methyl sites for hydroxylation is 1. The van der Waals surface area contributed by atoms with Crippen LogP contribution in [0.3, 0.4) is 0 Å². The van der Waals surface area contributed by atoms with Crippen LogP contribution in [0.1, 0.15) is 38.2 Å². The molecule has 2 saturated heterocycles. The normalized spacial score (nSPS) is 24.0. The summed E-state index contributed by atoms with van der Waals surface area (Å²) in [6, 6.07) is 7.04. The van der Waals surface area contributed by atoms with Crippen molar-refractivity contribution in [2.24, 2.45) is 17.6 Å². The molecule has 3 rings (SSSR count). The molecular formula is C20H31N3O3S. The summed E-state index contributed by atoms with van der Waals surface area (Å²) in [7, 11) is -3.48. The lowest BCUT2D eigenvalue weighted by Gasteiger charge is -2.38. The van der Waals surface area contributed by atoms with Gasteiger partial charge in [-0.3, -0.25) is 4.79 Å². The van der Waals surface area contributed by atoms with Crippen LogP contribution < -0.4 is 5.73 Å². The highest BCUT2D eigenvalue weighted by Gasteiger charge is 2.35. The molecular weight excluding hydrogens is 362 g/mol. The number of carbonyl (C=O) groups excluding carboxylic acids is 1. The van der Waals surface area contributed by atoms with Crippen LogP contribution in [0.2, 0.25) is 0 Å². The molecule has 0 radical (unpaired) electrons. The van der Waals surface area contributed by atoms with Crippen LogP contribution in [0.15, 0.2) is 29.2 Å². The van der Waals surface area contributed by atoms with Crippen molar-refractivity contribution in [3.8, 4) is 0 Å². The summed E-state index contributed by atoms with van der Waals surface area (Å²) in [5.41, 5.74) is 7.06. The molecule has 2 aliphatic rings. The van der Waals surface area contributed by atoms with Crippen LogP contribution in [0, 0.1) is 18.8 Å². The van der Waals surface area contributed by atoms with E-state index in [0.29, 0.717) is 36.7 Å². The minimum Gasteiger partial charge on any atom is -0.342 e. The molecule has 2 fully saturated rings. The van der Waals surface area contributed by atoms with Gasteiger partial charge >= 0.3 is 0 Å². The maximum absolute atomic E-state index is 12.9. The molecule has 0 aliphatic carbocycles. The number of amides is 1. The van der Waals surface area contributed by atoms with Crippen LogP contribution in [-0.2, 0) is 14.8 Å². The molecule has 2 unspecified atom stereocenters. The highest BCUT2D eigenvalue weighted by molar-refractivity contribution is 7.89. The Kier molecular flexibility index (Phi) is 6.23. The number of rotatable bonds is 4. The smallest absolute Gasteiger partial charge is 0.243 e. The van der Waals surface area contributed by atoms with Crippen molar-refractivity contribution >= 4 is 15.9 Å². The summed E-state index contributed by atoms with van der Waals surface area (Å²) in [6.45, 7) is 6.27. The minimum absolute atomic E-state index is 0.0821. The fourth-order valence-corrected chi connectivity index (χ4v) is 5.57. The van der Waals surface area contributed by atoms with Gasteiger partial charge < -0.3 is 10.6 Å². The van der Waals surface area contributed by atoms with Gasteiger partial charge in [-0.15, -0.1) is 0 Å². The molecule has 6 nitrogen and oxygen atoms in total. The number of sulfonamides is 1. The van der Waals surface area contributed by atoms with Crippen LogP contribution in [0.25, 0.3) is 0 Å². The number of hydrogen-bond acceptors (Lipinski definition) is 4. The first kappa shape index (κ1) is 20.3. The second-order valence-electron chi connectivity index (χ2n) is 8.04. The number of nitrogens with two attached hydrogens (primary N) is 1.